The summed E-state index contributed by atoms with van der Waals surface area (Å²) in [6.07, 6.45) is 2.36. The number of halogens is 1. The van der Waals surface area contributed by atoms with E-state index in [0.29, 0.717) is 4.71 Å². The van der Waals surface area contributed by atoms with Crippen molar-refractivity contribution in [3.05, 3.63) is 10.5 Å². The largest absolute Gasteiger partial charge is 0.301 e. The average Bonchev–Trinajstić information content (AvgIpc) is 2.27. The summed E-state index contributed by atoms with van der Waals surface area (Å²) in [5, 5.41) is 0. The number of hydrogen-bond donors (Lipinski definition) is 0. The molecule has 0 N–H and O–H groups in total. The first-order valence-electron chi connectivity index (χ1n) is 3.96. The fourth-order valence-corrected chi connectivity index (χ4v) is 3.38. The molecule has 0 amide bonds. The first-order valence-corrected chi connectivity index (χ1v) is 5.27. The molecule has 1 unspecified atom stereocenters. The van der Waals surface area contributed by atoms with Gasteiger partial charge in [-0.2, -0.15) is 0 Å². The van der Waals surface area contributed by atoms with Crippen LogP contribution in [0, 0.1) is 0 Å². The van der Waals surface area contributed by atoms with Gasteiger partial charge in [-0.05, 0) is 24.8 Å². The van der Waals surface area contributed by atoms with E-state index in [1.165, 1.54) is 13.0 Å². The van der Waals surface area contributed by atoms with Gasteiger partial charge in [0.25, 0.3) is 0 Å². The third-order valence-electron chi connectivity index (χ3n) is 2.28. The molecule has 62 valence electrons. The molecule has 2 aliphatic rings. The van der Waals surface area contributed by atoms with Crippen LogP contribution < -0.4 is 0 Å². The van der Waals surface area contributed by atoms with Gasteiger partial charge in [-0.1, -0.05) is 5.57 Å². The predicted octanol–water partition coefficient (Wildman–Crippen LogP) is 2.28. The maximum Gasteiger partial charge on any atom is 0.0870 e. The van der Waals surface area contributed by atoms with E-state index < -0.39 is 0 Å². The molecule has 0 bridgehead atoms. The third-order valence-corrected chi connectivity index (χ3v) is 3.83. The molecule has 0 saturated heterocycles. The van der Waals surface area contributed by atoms with Crippen molar-refractivity contribution in [2.75, 3.05) is 20.1 Å². The minimum Gasteiger partial charge on any atom is -0.301 e. The highest BCUT2D eigenvalue weighted by Gasteiger charge is 2.26. The minimum atomic E-state index is 0.325. The molecule has 0 radical (unpaired) electrons. The summed E-state index contributed by atoms with van der Waals surface area (Å²) in [4.78, 5) is 3.90. The molecule has 0 fully saturated rings. The van der Waals surface area contributed by atoms with Crippen molar-refractivity contribution in [2.45, 2.75) is 17.6 Å². The van der Waals surface area contributed by atoms with Crippen LogP contribution in [0.2, 0.25) is 0 Å². The Hall–Kier alpha value is 0.340. The number of likely N-dealkylation sites (N-methyl/N-ethyl adjacent to an activating group) is 1. The van der Waals surface area contributed by atoms with E-state index in [9.17, 15) is 0 Å². The van der Waals surface area contributed by atoms with Gasteiger partial charge in [-0.3, -0.25) is 0 Å². The van der Waals surface area contributed by atoms with Crippen molar-refractivity contribution in [3.8, 4) is 0 Å². The van der Waals surface area contributed by atoms with Crippen LogP contribution >= 0.6 is 23.4 Å². The second-order valence-corrected chi connectivity index (χ2v) is 5.33. The second-order valence-electron chi connectivity index (χ2n) is 3.25. The topological polar surface area (TPSA) is 3.24 Å². The van der Waals surface area contributed by atoms with E-state index in [-0.39, 0.29) is 0 Å². The Bertz CT molecular complexity index is 202. The number of nitrogens with zero attached hydrogens (tertiary/aromatic N) is 1. The SMILES string of the molecule is CN1CCC2=C(C1)SC(Cl)C2. The molecule has 2 rings (SSSR count). The van der Waals surface area contributed by atoms with Crippen molar-refractivity contribution >= 4 is 23.4 Å². The van der Waals surface area contributed by atoms with Crippen molar-refractivity contribution in [1.29, 1.82) is 0 Å². The Balaban J connectivity index is 2.10. The molecular formula is C8H12ClNS. The zero-order valence-electron chi connectivity index (χ0n) is 6.64. The molecule has 3 heteroatoms. The highest BCUT2D eigenvalue weighted by atomic mass is 35.5. The van der Waals surface area contributed by atoms with E-state index >= 15 is 0 Å². The first kappa shape index (κ1) is 7.96. The van der Waals surface area contributed by atoms with Gasteiger partial charge in [-0.25, -0.2) is 0 Å². The molecule has 0 aromatic rings. The fourth-order valence-electron chi connectivity index (χ4n) is 1.63. The zero-order chi connectivity index (χ0) is 7.84. The van der Waals surface area contributed by atoms with Crippen molar-refractivity contribution in [2.24, 2.45) is 0 Å². The Kier molecular flexibility index (Phi) is 2.17. The summed E-state index contributed by atoms with van der Waals surface area (Å²) in [5.74, 6) is 0. The summed E-state index contributed by atoms with van der Waals surface area (Å²) in [7, 11) is 2.17. The van der Waals surface area contributed by atoms with E-state index in [1.807, 2.05) is 11.8 Å². The first-order chi connectivity index (χ1) is 5.25. The molecule has 2 aliphatic heterocycles. The maximum atomic E-state index is 6.04. The number of hydrogen-bond acceptors (Lipinski definition) is 2. The van der Waals surface area contributed by atoms with Gasteiger partial charge in [0, 0.05) is 13.1 Å². The standard InChI is InChI=1S/C8H12ClNS/c1-10-3-2-6-4-8(9)11-7(6)5-10/h8H,2-5H2,1H3. The van der Waals surface area contributed by atoms with Gasteiger partial charge in [0.1, 0.15) is 0 Å². The van der Waals surface area contributed by atoms with Crippen molar-refractivity contribution < 1.29 is 0 Å². The molecule has 0 aromatic carbocycles. The van der Waals surface area contributed by atoms with Crippen LogP contribution in [0.4, 0.5) is 0 Å². The molecular weight excluding hydrogens is 178 g/mol. The Morgan fingerprint density at radius 3 is 3.27 bits per heavy atom. The Morgan fingerprint density at radius 2 is 2.45 bits per heavy atom. The average molecular weight is 190 g/mol. The normalized spacial score (nSPS) is 32.7. The van der Waals surface area contributed by atoms with Crippen LogP contribution in [-0.2, 0) is 0 Å². The van der Waals surface area contributed by atoms with Crippen LogP contribution in [0.1, 0.15) is 12.8 Å². The van der Waals surface area contributed by atoms with Crippen LogP contribution in [0.15, 0.2) is 10.5 Å². The van der Waals surface area contributed by atoms with E-state index in [4.69, 9.17) is 11.6 Å². The van der Waals surface area contributed by atoms with Crippen LogP contribution in [0.3, 0.4) is 0 Å². The van der Waals surface area contributed by atoms with Crippen LogP contribution in [-0.4, -0.2) is 29.7 Å². The van der Waals surface area contributed by atoms with E-state index in [2.05, 4.69) is 11.9 Å². The summed E-state index contributed by atoms with van der Waals surface area (Å²) in [6, 6.07) is 0. The predicted molar refractivity (Wildman–Crippen MR) is 51.0 cm³/mol. The molecule has 11 heavy (non-hydrogen) atoms. The van der Waals surface area contributed by atoms with Crippen molar-refractivity contribution in [3.63, 3.8) is 0 Å². The molecule has 1 atom stereocenters. The summed E-state index contributed by atoms with van der Waals surface area (Å²) >= 11 is 7.89. The van der Waals surface area contributed by atoms with Gasteiger partial charge in [0.2, 0.25) is 0 Å². The van der Waals surface area contributed by atoms with Gasteiger partial charge < -0.3 is 4.90 Å². The lowest BCUT2D eigenvalue weighted by Crippen LogP contribution is -2.25. The smallest absolute Gasteiger partial charge is 0.0870 e. The molecule has 1 nitrogen and oxygen atoms in total. The van der Waals surface area contributed by atoms with Crippen LogP contribution in [0.5, 0.6) is 0 Å². The van der Waals surface area contributed by atoms with E-state index in [1.54, 1.807) is 10.5 Å². The highest BCUT2D eigenvalue weighted by molar-refractivity contribution is 8.05. The lowest BCUT2D eigenvalue weighted by molar-refractivity contribution is 0.355. The summed E-state index contributed by atoms with van der Waals surface area (Å²) in [5.41, 5.74) is 1.62. The zero-order valence-corrected chi connectivity index (χ0v) is 8.21. The van der Waals surface area contributed by atoms with Crippen LogP contribution in [0.25, 0.3) is 0 Å². The fraction of sp³-hybridized carbons (Fsp3) is 0.750. The van der Waals surface area contributed by atoms with Gasteiger partial charge in [0.05, 0.1) is 4.71 Å². The van der Waals surface area contributed by atoms with Gasteiger partial charge >= 0.3 is 0 Å². The Labute approximate surface area is 76.8 Å². The molecule has 0 aromatic heterocycles. The summed E-state index contributed by atoms with van der Waals surface area (Å²) < 4.78 is 0.325. The third kappa shape index (κ3) is 1.58. The highest BCUT2D eigenvalue weighted by Crippen LogP contribution is 2.42. The molecule has 0 saturated carbocycles. The minimum absolute atomic E-state index is 0.325. The van der Waals surface area contributed by atoms with Gasteiger partial charge in [0.15, 0.2) is 0 Å². The van der Waals surface area contributed by atoms with Crippen molar-refractivity contribution in [1.82, 2.24) is 4.90 Å². The maximum absolute atomic E-state index is 6.04. The number of alkyl halides is 1. The quantitative estimate of drug-likeness (QED) is 0.538. The lowest BCUT2D eigenvalue weighted by atomic mass is 10.1. The number of thioether (sulfide) groups is 1. The second kappa shape index (κ2) is 3.00. The van der Waals surface area contributed by atoms with E-state index in [0.717, 1.165) is 13.0 Å². The van der Waals surface area contributed by atoms with Gasteiger partial charge in [-0.15, -0.1) is 23.4 Å². The summed E-state index contributed by atoms with van der Waals surface area (Å²) in [6.45, 7) is 2.34. The number of rotatable bonds is 0. The molecule has 2 heterocycles. The molecule has 0 spiro atoms. The lowest BCUT2D eigenvalue weighted by Gasteiger charge is -2.23. The monoisotopic (exact) mass is 189 g/mol. The molecule has 0 aliphatic carbocycles. The Morgan fingerprint density at radius 1 is 1.64 bits per heavy atom.